The van der Waals surface area contributed by atoms with Gasteiger partial charge in [-0.3, -0.25) is 4.79 Å². The minimum Gasteiger partial charge on any atom is -0.481 e. The Labute approximate surface area is 113 Å². The molecular formula is C10H21N3O5S. The second kappa shape index (κ2) is 7.95. The van der Waals surface area contributed by atoms with Crippen molar-refractivity contribution in [1.29, 1.82) is 0 Å². The molecule has 0 saturated heterocycles. The van der Waals surface area contributed by atoms with E-state index in [1.807, 2.05) is 0 Å². The highest BCUT2D eigenvalue weighted by atomic mass is 32.2. The summed E-state index contributed by atoms with van der Waals surface area (Å²) in [6.45, 7) is 4.00. The lowest BCUT2D eigenvalue weighted by molar-refractivity contribution is -0.138. The van der Waals surface area contributed by atoms with Gasteiger partial charge in [0.15, 0.2) is 0 Å². The van der Waals surface area contributed by atoms with Crippen LogP contribution in [-0.4, -0.2) is 62.4 Å². The van der Waals surface area contributed by atoms with Crippen LogP contribution in [0.3, 0.4) is 0 Å². The molecule has 0 fully saturated rings. The SMILES string of the molecule is CCN(C(=O)NCCNS(C)(=O)=O)C(C)CC(=O)O. The lowest BCUT2D eigenvalue weighted by Gasteiger charge is -2.27. The molecule has 1 unspecified atom stereocenters. The van der Waals surface area contributed by atoms with Crippen molar-refractivity contribution >= 4 is 22.0 Å². The average molecular weight is 295 g/mol. The van der Waals surface area contributed by atoms with Crippen LogP contribution in [-0.2, 0) is 14.8 Å². The smallest absolute Gasteiger partial charge is 0.317 e. The van der Waals surface area contributed by atoms with Crippen molar-refractivity contribution in [2.24, 2.45) is 0 Å². The molecule has 0 aromatic heterocycles. The molecule has 8 nitrogen and oxygen atoms in total. The fourth-order valence-electron chi connectivity index (χ4n) is 1.53. The molecule has 0 aliphatic carbocycles. The highest BCUT2D eigenvalue weighted by Gasteiger charge is 2.20. The number of amides is 2. The molecule has 0 aliphatic heterocycles. The van der Waals surface area contributed by atoms with Gasteiger partial charge in [-0.25, -0.2) is 17.9 Å². The molecule has 9 heteroatoms. The maximum Gasteiger partial charge on any atom is 0.317 e. The Morgan fingerprint density at radius 2 is 1.89 bits per heavy atom. The first-order chi connectivity index (χ1) is 8.67. The number of carboxylic acid groups (broad SMARTS) is 1. The number of rotatable bonds is 8. The van der Waals surface area contributed by atoms with Crippen molar-refractivity contribution in [2.45, 2.75) is 26.3 Å². The summed E-state index contributed by atoms with van der Waals surface area (Å²) in [6, 6.07) is -0.836. The first-order valence-electron chi connectivity index (χ1n) is 5.88. The number of hydrogen-bond donors (Lipinski definition) is 3. The largest absolute Gasteiger partial charge is 0.481 e. The summed E-state index contributed by atoms with van der Waals surface area (Å²) in [7, 11) is -3.27. The molecule has 0 aliphatic rings. The van der Waals surface area contributed by atoms with E-state index in [2.05, 4.69) is 10.0 Å². The van der Waals surface area contributed by atoms with Gasteiger partial charge in [0.05, 0.1) is 12.7 Å². The van der Waals surface area contributed by atoms with E-state index < -0.39 is 28.1 Å². The maximum atomic E-state index is 11.8. The number of nitrogens with zero attached hydrogens (tertiary/aromatic N) is 1. The van der Waals surface area contributed by atoms with Crippen molar-refractivity contribution in [2.75, 3.05) is 25.9 Å². The molecule has 0 aromatic rings. The summed E-state index contributed by atoms with van der Waals surface area (Å²) < 4.78 is 23.8. The van der Waals surface area contributed by atoms with Gasteiger partial charge in [0.2, 0.25) is 10.0 Å². The van der Waals surface area contributed by atoms with Gasteiger partial charge in [-0.15, -0.1) is 0 Å². The van der Waals surface area contributed by atoms with Crippen LogP contribution in [0.1, 0.15) is 20.3 Å². The average Bonchev–Trinajstić information content (AvgIpc) is 2.23. The first-order valence-corrected chi connectivity index (χ1v) is 7.77. The Hall–Kier alpha value is -1.35. The minimum atomic E-state index is -3.27. The third-order valence-electron chi connectivity index (χ3n) is 2.37. The first kappa shape index (κ1) is 17.6. The molecule has 0 aromatic carbocycles. The van der Waals surface area contributed by atoms with E-state index in [0.717, 1.165) is 6.26 Å². The molecular weight excluding hydrogens is 274 g/mol. The standard InChI is InChI=1S/C10H21N3O5S/c1-4-13(8(2)7-9(14)15)10(16)11-5-6-12-19(3,17)18/h8,12H,4-7H2,1-3H3,(H,11,16)(H,14,15). The lowest BCUT2D eigenvalue weighted by atomic mass is 10.2. The Balaban J connectivity index is 4.18. The Morgan fingerprint density at radius 1 is 1.32 bits per heavy atom. The fourth-order valence-corrected chi connectivity index (χ4v) is 2.00. The van der Waals surface area contributed by atoms with E-state index in [1.54, 1.807) is 13.8 Å². The lowest BCUT2D eigenvalue weighted by Crippen LogP contribution is -2.47. The molecule has 0 heterocycles. The minimum absolute atomic E-state index is 0.0927. The van der Waals surface area contributed by atoms with Gasteiger partial charge in [-0.2, -0.15) is 0 Å². The molecule has 0 saturated carbocycles. The second-order valence-electron chi connectivity index (χ2n) is 4.13. The number of hydrogen-bond acceptors (Lipinski definition) is 4. The van der Waals surface area contributed by atoms with Gasteiger partial charge >= 0.3 is 12.0 Å². The van der Waals surface area contributed by atoms with E-state index in [4.69, 9.17) is 5.11 Å². The van der Waals surface area contributed by atoms with Crippen LogP contribution in [0, 0.1) is 0 Å². The number of carbonyl (C=O) groups excluding carboxylic acids is 1. The van der Waals surface area contributed by atoms with Crippen LogP contribution in [0.4, 0.5) is 4.79 Å². The highest BCUT2D eigenvalue weighted by Crippen LogP contribution is 2.03. The zero-order valence-electron chi connectivity index (χ0n) is 11.3. The Morgan fingerprint density at radius 3 is 2.32 bits per heavy atom. The summed E-state index contributed by atoms with van der Waals surface area (Å²) in [4.78, 5) is 23.7. The van der Waals surface area contributed by atoms with Crippen molar-refractivity contribution in [3.63, 3.8) is 0 Å². The second-order valence-corrected chi connectivity index (χ2v) is 5.96. The normalized spacial score (nSPS) is 12.8. The number of carboxylic acids is 1. The van der Waals surface area contributed by atoms with Gasteiger partial charge < -0.3 is 15.3 Å². The summed E-state index contributed by atoms with van der Waals surface area (Å²) in [5.41, 5.74) is 0. The Bertz CT molecular complexity index is 409. The van der Waals surface area contributed by atoms with Crippen LogP contribution in [0.5, 0.6) is 0 Å². The molecule has 1 atom stereocenters. The number of nitrogens with one attached hydrogen (secondary N) is 2. The van der Waals surface area contributed by atoms with Crippen LogP contribution in [0.15, 0.2) is 0 Å². The number of urea groups is 1. The van der Waals surface area contributed by atoms with Crippen LogP contribution >= 0.6 is 0 Å². The number of carbonyl (C=O) groups is 2. The van der Waals surface area contributed by atoms with Crippen LogP contribution < -0.4 is 10.0 Å². The quantitative estimate of drug-likeness (QED) is 0.519. The molecule has 112 valence electrons. The van der Waals surface area contributed by atoms with E-state index in [0.29, 0.717) is 6.54 Å². The van der Waals surface area contributed by atoms with Gasteiger partial charge in [-0.1, -0.05) is 0 Å². The van der Waals surface area contributed by atoms with Crippen LogP contribution in [0.2, 0.25) is 0 Å². The summed E-state index contributed by atoms with van der Waals surface area (Å²) >= 11 is 0. The van der Waals surface area contributed by atoms with Crippen molar-refractivity contribution < 1.29 is 23.1 Å². The molecule has 3 N–H and O–H groups in total. The fraction of sp³-hybridized carbons (Fsp3) is 0.800. The molecule has 0 radical (unpaired) electrons. The van der Waals surface area contributed by atoms with Crippen molar-refractivity contribution in [3.8, 4) is 0 Å². The van der Waals surface area contributed by atoms with Gasteiger partial charge in [0.1, 0.15) is 0 Å². The monoisotopic (exact) mass is 295 g/mol. The zero-order chi connectivity index (χ0) is 15.1. The van der Waals surface area contributed by atoms with E-state index >= 15 is 0 Å². The Kier molecular flexibility index (Phi) is 7.38. The van der Waals surface area contributed by atoms with E-state index in [1.165, 1.54) is 4.90 Å². The highest BCUT2D eigenvalue weighted by molar-refractivity contribution is 7.88. The van der Waals surface area contributed by atoms with Gasteiger partial charge in [-0.05, 0) is 13.8 Å². The van der Waals surface area contributed by atoms with Crippen molar-refractivity contribution in [1.82, 2.24) is 14.9 Å². The zero-order valence-corrected chi connectivity index (χ0v) is 12.2. The summed E-state index contributed by atoms with van der Waals surface area (Å²) in [5.74, 6) is -0.975. The summed E-state index contributed by atoms with van der Waals surface area (Å²) in [5, 5.41) is 11.2. The summed E-state index contributed by atoms with van der Waals surface area (Å²) in [6.07, 6.45) is 0.894. The third-order valence-corrected chi connectivity index (χ3v) is 3.10. The number of sulfonamides is 1. The van der Waals surface area contributed by atoms with Crippen LogP contribution in [0.25, 0.3) is 0 Å². The third kappa shape index (κ3) is 8.38. The van der Waals surface area contributed by atoms with Gasteiger partial charge in [0, 0.05) is 25.7 Å². The van der Waals surface area contributed by atoms with Crippen molar-refractivity contribution in [3.05, 3.63) is 0 Å². The molecule has 19 heavy (non-hydrogen) atoms. The van der Waals surface area contributed by atoms with E-state index in [-0.39, 0.29) is 19.5 Å². The molecule has 2 amide bonds. The number of aliphatic carboxylic acids is 1. The predicted octanol–water partition coefficient (Wildman–Crippen LogP) is -0.570. The topological polar surface area (TPSA) is 116 Å². The predicted molar refractivity (Wildman–Crippen MR) is 70.3 cm³/mol. The molecule has 0 rings (SSSR count). The van der Waals surface area contributed by atoms with Gasteiger partial charge in [0.25, 0.3) is 0 Å². The maximum absolute atomic E-state index is 11.8. The molecule has 0 bridgehead atoms. The molecule has 0 spiro atoms. The van der Waals surface area contributed by atoms with E-state index in [9.17, 15) is 18.0 Å².